The first kappa shape index (κ1) is 18.4. The number of nitrogens with one attached hydrogen (secondary N) is 1. The molecule has 1 N–H and O–H groups in total. The monoisotopic (exact) mass is 350 g/mol. The second-order valence-electron chi connectivity index (χ2n) is 5.85. The first-order valence-corrected chi connectivity index (χ1v) is 9.22. The van der Waals surface area contributed by atoms with E-state index in [4.69, 9.17) is 4.42 Å². The van der Waals surface area contributed by atoms with E-state index in [0.29, 0.717) is 13.1 Å². The molecule has 0 atom stereocenters. The molecule has 0 spiro atoms. The third-order valence-electron chi connectivity index (χ3n) is 3.97. The predicted octanol–water partition coefficient (Wildman–Crippen LogP) is 3.09. The normalized spacial score (nSPS) is 10.8. The van der Waals surface area contributed by atoms with E-state index in [9.17, 15) is 4.79 Å². The number of aromatic nitrogens is 2. The maximum absolute atomic E-state index is 12.2. The Kier molecular flexibility index (Phi) is 6.78. The van der Waals surface area contributed by atoms with Gasteiger partial charge in [0.25, 0.3) is 0 Å². The molecule has 0 aliphatic heterocycles. The Morgan fingerprint density at radius 1 is 1.46 bits per heavy atom. The molecule has 0 aromatic carbocycles. The van der Waals surface area contributed by atoms with Gasteiger partial charge in [-0.1, -0.05) is 0 Å². The largest absolute Gasteiger partial charge is 0.468 e. The van der Waals surface area contributed by atoms with Gasteiger partial charge in [-0.15, -0.1) is 0 Å². The van der Waals surface area contributed by atoms with Crippen LogP contribution in [0, 0.1) is 13.8 Å². The molecule has 0 aliphatic carbocycles. The number of carbonyl (C=O) groups excluding carboxylic acids is 1. The Balaban J connectivity index is 1.64. The predicted molar refractivity (Wildman–Crippen MR) is 97.0 cm³/mol. The molecule has 0 saturated carbocycles. The van der Waals surface area contributed by atoms with Crippen LogP contribution in [0.5, 0.6) is 0 Å². The highest BCUT2D eigenvalue weighted by Gasteiger charge is 2.14. The minimum absolute atomic E-state index is 0.0475. The Bertz CT molecular complexity index is 652. The Morgan fingerprint density at radius 3 is 2.88 bits per heavy atom. The summed E-state index contributed by atoms with van der Waals surface area (Å²) >= 11 is 1.81. The van der Waals surface area contributed by atoms with Crippen molar-refractivity contribution in [1.29, 1.82) is 0 Å². The minimum atomic E-state index is -0.0475. The number of hydrogen-bond donors (Lipinski definition) is 1. The Hall–Kier alpha value is -1.89. The van der Waals surface area contributed by atoms with Gasteiger partial charge < -0.3 is 14.6 Å². The average molecular weight is 350 g/mol. The van der Waals surface area contributed by atoms with Crippen LogP contribution in [0.15, 0.2) is 22.8 Å². The van der Waals surface area contributed by atoms with Crippen molar-refractivity contribution in [3.8, 4) is 0 Å². The molecule has 0 unspecified atom stereocenters. The SMILES string of the molecule is Cc1nn(C)c(C)c1CN(C)C(=O)NCCCSCc1ccco1. The van der Waals surface area contributed by atoms with E-state index in [1.54, 1.807) is 11.2 Å². The smallest absolute Gasteiger partial charge is 0.317 e. The molecular weight excluding hydrogens is 324 g/mol. The number of amides is 2. The van der Waals surface area contributed by atoms with Gasteiger partial charge in [-0.05, 0) is 38.2 Å². The summed E-state index contributed by atoms with van der Waals surface area (Å²) in [7, 11) is 3.74. The highest BCUT2D eigenvalue weighted by Crippen LogP contribution is 2.14. The van der Waals surface area contributed by atoms with Crippen LogP contribution >= 0.6 is 11.8 Å². The topological polar surface area (TPSA) is 63.3 Å². The van der Waals surface area contributed by atoms with Gasteiger partial charge in [-0.25, -0.2) is 4.79 Å². The van der Waals surface area contributed by atoms with Crippen LogP contribution in [-0.2, 0) is 19.3 Å². The highest BCUT2D eigenvalue weighted by atomic mass is 32.2. The number of rotatable bonds is 8. The van der Waals surface area contributed by atoms with Gasteiger partial charge in [0.05, 0.1) is 24.3 Å². The summed E-state index contributed by atoms with van der Waals surface area (Å²) in [6.45, 7) is 5.26. The van der Waals surface area contributed by atoms with Crippen molar-refractivity contribution in [3.63, 3.8) is 0 Å². The van der Waals surface area contributed by atoms with Crippen LogP contribution in [0.1, 0.15) is 29.1 Å². The lowest BCUT2D eigenvalue weighted by molar-refractivity contribution is 0.207. The van der Waals surface area contributed by atoms with Crippen molar-refractivity contribution in [3.05, 3.63) is 41.1 Å². The summed E-state index contributed by atoms with van der Waals surface area (Å²) in [5.41, 5.74) is 3.19. The summed E-state index contributed by atoms with van der Waals surface area (Å²) in [6.07, 6.45) is 2.63. The maximum atomic E-state index is 12.2. The van der Waals surface area contributed by atoms with Gasteiger partial charge in [0.15, 0.2) is 0 Å². The molecule has 7 heteroatoms. The Morgan fingerprint density at radius 2 is 2.25 bits per heavy atom. The molecule has 132 valence electrons. The number of carbonyl (C=O) groups is 1. The maximum Gasteiger partial charge on any atom is 0.317 e. The molecule has 0 saturated heterocycles. The highest BCUT2D eigenvalue weighted by molar-refractivity contribution is 7.98. The minimum Gasteiger partial charge on any atom is -0.468 e. The quantitative estimate of drug-likeness (QED) is 0.743. The summed E-state index contributed by atoms with van der Waals surface area (Å²) in [4.78, 5) is 13.9. The Labute approximate surface area is 147 Å². The van der Waals surface area contributed by atoms with Gasteiger partial charge in [-0.2, -0.15) is 16.9 Å². The molecular formula is C17H26N4O2S. The van der Waals surface area contributed by atoms with E-state index in [0.717, 1.165) is 40.6 Å². The molecule has 24 heavy (non-hydrogen) atoms. The van der Waals surface area contributed by atoms with Crippen LogP contribution in [-0.4, -0.2) is 40.1 Å². The molecule has 0 bridgehead atoms. The molecule has 6 nitrogen and oxygen atoms in total. The van der Waals surface area contributed by atoms with E-state index in [2.05, 4.69) is 10.4 Å². The van der Waals surface area contributed by atoms with Gasteiger partial charge in [0.1, 0.15) is 5.76 Å². The molecule has 0 aliphatic rings. The molecule has 2 aromatic heterocycles. The zero-order valence-corrected chi connectivity index (χ0v) is 15.7. The van der Waals surface area contributed by atoms with Crippen LogP contribution in [0.2, 0.25) is 0 Å². The van der Waals surface area contributed by atoms with E-state index >= 15 is 0 Å². The number of urea groups is 1. The lowest BCUT2D eigenvalue weighted by atomic mass is 10.2. The fourth-order valence-electron chi connectivity index (χ4n) is 2.43. The molecule has 0 fully saturated rings. The first-order chi connectivity index (χ1) is 11.5. The lowest BCUT2D eigenvalue weighted by Gasteiger charge is -2.18. The second kappa shape index (κ2) is 8.82. The van der Waals surface area contributed by atoms with Crippen LogP contribution in [0.4, 0.5) is 4.79 Å². The number of nitrogens with zero attached hydrogens (tertiary/aromatic N) is 3. The number of hydrogen-bond acceptors (Lipinski definition) is 4. The van der Waals surface area contributed by atoms with Gasteiger partial charge >= 0.3 is 6.03 Å². The standard InChI is InChI=1S/C17H26N4O2S/c1-13-16(14(2)21(4)19-13)11-20(3)17(22)18-8-6-10-24-12-15-7-5-9-23-15/h5,7,9H,6,8,10-12H2,1-4H3,(H,18,22). The molecule has 2 aromatic rings. The molecule has 2 amide bonds. The van der Waals surface area contributed by atoms with Crippen LogP contribution in [0.25, 0.3) is 0 Å². The fourth-order valence-corrected chi connectivity index (χ4v) is 3.29. The third kappa shape index (κ3) is 5.06. The lowest BCUT2D eigenvalue weighted by Crippen LogP contribution is -2.37. The number of thioether (sulfide) groups is 1. The average Bonchev–Trinajstić information content (AvgIpc) is 3.14. The summed E-state index contributed by atoms with van der Waals surface area (Å²) in [6, 6.07) is 3.83. The molecule has 2 heterocycles. The summed E-state index contributed by atoms with van der Waals surface area (Å²) in [5, 5.41) is 7.35. The van der Waals surface area contributed by atoms with Gasteiger partial charge in [0.2, 0.25) is 0 Å². The van der Waals surface area contributed by atoms with E-state index in [1.807, 2.05) is 56.5 Å². The van der Waals surface area contributed by atoms with E-state index in [-0.39, 0.29) is 6.03 Å². The van der Waals surface area contributed by atoms with Gasteiger partial charge in [-0.3, -0.25) is 4.68 Å². The fraction of sp³-hybridized carbons (Fsp3) is 0.529. The van der Waals surface area contributed by atoms with Crippen molar-refractivity contribution in [2.24, 2.45) is 7.05 Å². The van der Waals surface area contributed by atoms with Crippen LogP contribution in [0.3, 0.4) is 0 Å². The third-order valence-corrected chi connectivity index (χ3v) is 5.03. The van der Waals surface area contributed by atoms with Crippen molar-refractivity contribution in [1.82, 2.24) is 20.0 Å². The summed E-state index contributed by atoms with van der Waals surface area (Å²) in [5.74, 6) is 2.86. The van der Waals surface area contributed by atoms with Crippen molar-refractivity contribution >= 4 is 17.8 Å². The zero-order valence-electron chi connectivity index (χ0n) is 14.8. The summed E-state index contributed by atoms with van der Waals surface area (Å²) < 4.78 is 7.14. The number of aryl methyl sites for hydroxylation is 2. The zero-order chi connectivity index (χ0) is 17.5. The second-order valence-corrected chi connectivity index (χ2v) is 6.95. The van der Waals surface area contributed by atoms with Crippen LogP contribution < -0.4 is 5.32 Å². The number of furan rings is 1. The van der Waals surface area contributed by atoms with Crippen molar-refractivity contribution < 1.29 is 9.21 Å². The van der Waals surface area contributed by atoms with E-state index < -0.39 is 0 Å². The molecule has 2 rings (SSSR count). The first-order valence-electron chi connectivity index (χ1n) is 8.07. The van der Waals surface area contributed by atoms with Crippen molar-refractivity contribution in [2.45, 2.75) is 32.6 Å². The van der Waals surface area contributed by atoms with E-state index in [1.165, 1.54) is 0 Å². The van der Waals surface area contributed by atoms with Gasteiger partial charge in [0, 0.05) is 31.9 Å². The molecule has 0 radical (unpaired) electrons. The van der Waals surface area contributed by atoms with Crippen molar-refractivity contribution in [2.75, 3.05) is 19.3 Å².